The maximum Gasteiger partial charge on any atom is 0.115 e. The highest BCUT2D eigenvalue weighted by molar-refractivity contribution is 5.85. The van der Waals surface area contributed by atoms with Crippen molar-refractivity contribution in [3.63, 3.8) is 0 Å². The predicted molar refractivity (Wildman–Crippen MR) is 109 cm³/mol. The fourth-order valence-corrected chi connectivity index (χ4v) is 3.84. The Morgan fingerprint density at radius 3 is 2.15 bits per heavy atom. The normalized spacial score (nSPS) is 20.2. The SMILES string of the molecule is CN(C)CC1=CC(c2cccc(O)c2)CCC(c2cccc(O)c2)C1.Cl. The molecule has 1 aliphatic rings. The fourth-order valence-electron chi connectivity index (χ4n) is 3.84. The zero-order valence-electron chi connectivity index (χ0n) is 15.4. The van der Waals surface area contributed by atoms with E-state index in [0.717, 1.165) is 25.8 Å². The van der Waals surface area contributed by atoms with Crippen molar-refractivity contribution < 1.29 is 10.2 Å². The largest absolute Gasteiger partial charge is 0.508 e. The summed E-state index contributed by atoms with van der Waals surface area (Å²) < 4.78 is 0. The molecule has 3 nitrogen and oxygen atoms in total. The van der Waals surface area contributed by atoms with E-state index >= 15 is 0 Å². The molecule has 0 radical (unpaired) electrons. The zero-order valence-corrected chi connectivity index (χ0v) is 16.2. The third kappa shape index (κ3) is 5.26. The summed E-state index contributed by atoms with van der Waals surface area (Å²) in [5.74, 6) is 1.41. The Hall–Kier alpha value is -1.97. The fraction of sp³-hybridized carbons (Fsp3) is 0.364. The monoisotopic (exact) mass is 373 g/mol. The van der Waals surface area contributed by atoms with Gasteiger partial charge in [0.25, 0.3) is 0 Å². The molecular formula is C22H28ClNO2. The Bertz CT molecular complexity index is 757. The molecule has 3 rings (SSSR count). The van der Waals surface area contributed by atoms with Crippen LogP contribution in [0.1, 0.15) is 42.2 Å². The number of aromatic hydroxyl groups is 2. The second kappa shape index (κ2) is 9.11. The van der Waals surface area contributed by atoms with E-state index in [1.165, 1.54) is 16.7 Å². The van der Waals surface area contributed by atoms with Crippen LogP contribution in [0.5, 0.6) is 11.5 Å². The van der Waals surface area contributed by atoms with Crippen LogP contribution in [-0.2, 0) is 0 Å². The summed E-state index contributed by atoms with van der Waals surface area (Å²) >= 11 is 0. The molecule has 0 spiro atoms. The average molecular weight is 374 g/mol. The number of hydrogen-bond donors (Lipinski definition) is 2. The first-order chi connectivity index (χ1) is 12.0. The Balaban J connectivity index is 0.00000243. The van der Waals surface area contributed by atoms with Gasteiger partial charge in [-0.3, -0.25) is 0 Å². The van der Waals surface area contributed by atoms with E-state index in [1.807, 2.05) is 24.3 Å². The van der Waals surface area contributed by atoms with E-state index in [0.29, 0.717) is 23.3 Å². The number of phenols is 2. The molecule has 0 aromatic heterocycles. The number of benzene rings is 2. The Kier molecular flexibility index (Phi) is 7.13. The summed E-state index contributed by atoms with van der Waals surface area (Å²) in [6.45, 7) is 0.935. The van der Waals surface area contributed by atoms with Crippen LogP contribution < -0.4 is 0 Å². The van der Waals surface area contributed by atoms with Gasteiger partial charge in [0.15, 0.2) is 0 Å². The maximum absolute atomic E-state index is 9.84. The molecule has 2 aromatic rings. The van der Waals surface area contributed by atoms with Gasteiger partial charge in [-0.15, -0.1) is 12.4 Å². The van der Waals surface area contributed by atoms with Crippen molar-refractivity contribution in [1.29, 1.82) is 0 Å². The number of hydrogen-bond acceptors (Lipinski definition) is 3. The van der Waals surface area contributed by atoms with E-state index in [1.54, 1.807) is 12.1 Å². The van der Waals surface area contributed by atoms with E-state index in [-0.39, 0.29) is 12.4 Å². The number of rotatable bonds is 4. The first kappa shape index (κ1) is 20.3. The van der Waals surface area contributed by atoms with E-state index in [4.69, 9.17) is 0 Å². The second-order valence-corrected chi connectivity index (χ2v) is 7.34. The van der Waals surface area contributed by atoms with Gasteiger partial charge in [0.05, 0.1) is 0 Å². The number of halogens is 1. The van der Waals surface area contributed by atoms with Crippen LogP contribution >= 0.6 is 12.4 Å². The van der Waals surface area contributed by atoms with Crippen LogP contribution in [0.15, 0.2) is 60.2 Å². The standard InChI is InChI=1S/C22H27NO2.ClH/c1-23(2)15-16-11-19(17-5-3-7-21(24)13-17)9-10-20(12-16)18-6-4-8-22(25)14-18;/h3-8,11,13-14,19-20,24-25H,9-10,12,15H2,1-2H3;1H. The number of likely N-dealkylation sites (N-methyl/N-ethyl adjacent to an activating group) is 1. The van der Waals surface area contributed by atoms with E-state index in [9.17, 15) is 10.2 Å². The lowest BCUT2D eigenvalue weighted by atomic mass is 9.88. The second-order valence-electron chi connectivity index (χ2n) is 7.34. The minimum absolute atomic E-state index is 0. The van der Waals surface area contributed by atoms with Crippen LogP contribution in [0.4, 0.5) is 0 Å². The zero-order chi connectivity index (χ0) is 17.8. The highest BCUT2D eigenvalue weighted by Crippen LogP contribution is 2.39. The Morgan fingerprint density at radius 2 is 1.54 bits per heavy atom. The molecule has 0 bridgehead atoms. The summed E-state index contributed by atoms with van der Waals surface area (Å²) in [5, 5.41) is 19.7. The Labute approximate surface area is 162 Å². The van der Waals surface area contributed by atoms with Crippen LogP contribution in [0.3, 0.4) is 0 Å². The number of phenolic OH excluding ortho intramolecular Hbond substituents is 2. The first-order valence-electron chi connectivity index (χ1n) is 8.93. The lowest BCUT2D eigenvalue weighted by molar-refractivity contribution is 0.433. The van der Waals surface area contributed by atoms with Gasteiger partial charge in [0.1, 0.15) is 11.5 Å². The minimum Gasteiger partial charge on any atom is -0.508 e. The molecule has 0 saturated heterocycles. The van der Waals surface area contributed by atoms with Gasteiger partial charge in [0, 0.05) is 12.5 Å². The van der Waals surface area contributed by atoms with Gasteiger partial charge in [-0.2, -0.15) is 0 Å². The van der Waals surface area contributed by atoms with Gasteiger partial charge in [-0.25, -0.2) is 0 Å². The smallest absolute Gasteiger partial charge is 0.115 e. The molecule has 140 valence electrons. The summed E-state index contributed by atoms with van der Waals surface area (Å²) in [4.78, 5) is 2.20. The van der Waals surface area contributed by atoms with Crippen LogP contribution in [0.2, 0.25) is 0 Å². The van der Waals surface area contributed by atoms with Gasteiger partial charge in [-0.05, 0) is 74.7 Å². The van der Waals surface area contributed by atoms with Crippen molar-refractivity contribution in [2.45, 2.75) is 31.1 Å². The van der Waals surface area contributed by atoms with Crippen molar-refractivity contribution in [2.75, 3.05) is 20.6 Å². The summed E-state index contributed by atoms with van der Waals surface area (Å²) in [6.07, 6.45) is 5.51. The summed E-state index contributed by atoms with van der Waals surface area (Å²) in [5.41, 5.74) is 3.80. The van der Waals surface area contributed by atoms with Crippen molar-refractivity contribution in [3.8, 4) is 11.5 Å². The molecule has 0 aliphatic heterocycles. The average Bonchev–Trinajstić information content (AvgIpc) is 2.77. The summed E-state index contributed by atoms with van der Waals surface area (Å²) in [7, 11) is 4.19. The van der Waals surface area contributed by atoms with Gasteiger partial charge in [0.2, 0.25) is 0 Å². The van der Waals surface area contributed by atoms with Crippen molar-refractivity contribution >= 4 is 12.4 Å². The molecule has 2 atom stereocenters. The third-order valence-corrected chi connectivity index (χ3v) is 4.93. The molecule has 2 aromatic carbocycles. The maximum atomic E-state index is 9.84. The number of nitrogens with zero attached hydrogens (tertiary/aromatic N) is 1. The molecule has 0 fully saturated rings. The lowest BCUT2D eigenvalue weighted by Gasteiger charge is -2.19. The predicted octanol–water partition coefficient (Wildman–Crippen LogP) is 5.06. The van der Waals surface area contributed by atoms with Crippen molar-refractivity contribution in [3.05, 3.63) is 71.3 Å². The lowest BCUT2D eigenvalue weighted by Crippen LogP contribution is -2.16. The third-order valence-electron chi connectivity index (χ3n) is 4.93. The molecule has 26 heavy (non-hydrogen) atoms. The molecular weight excluding hydrogens is 346 g/mol. The van der Waals surface area contributed by atoms with Crippen LogP contribution in [-0.4, -0.2) is 35.8 Å². The van der Waals surface area contributed by atoms with Crippen molar-refractivity contribution in [2.24, 2.45) is 0 Å². The molecule has 0 amide bonds. The topological polar surface area (TPSA) is 43.7 Å². The molecule has 0 saturated carbocycles. The quantitative estimate of drug-likeness (QED) is 0.736. The van der Waals surface area contributed by atoms with Gasteiger partial charge >= 0.3 is 0 Å². The number of allylic oxidation sites excluding steroid dienone is 1. The van der Waals surface area contributed by atoms with Crippen LogP contribution in [0.25, 0.3) is 0 Å². The summed E-state index contributed by atoms with van der Waals surface area (Å²) in [6, 6.07) is 15.3. The van der Waals surface area contributed by atoms with Gasteiger partial charge in [-0.1, -0.05) is 35.9 Å². The molecule has 2 unspecified atom stereocenters. The molecule has 2 N–H and O–H groups in total. The van der Waals surface area contributed by atoms with E-state index < -0.39 is 0 Å². The highest BCUT2D eigenvalue weighted by atomic mass is 35.5. The van der Waals surface area contributed by atoms with Crippen molar-refractivity contribution in [1.82, 2.24) is 4.90 Å². The first-order valence-corrected chi connectivity index (χ1v) is 8.93. The minimum atomic E-state index is 0. The van der Waals surface area contributed by atoms with Gasteiger partial charge < -0.3 is 15.1 Å². The van der Waals surface area contributed by atoms with Crippen LogP contribution in [0, 0.1) is 0 Å². The Morgan fingerprint density at radius 1 is 0.923 bits per heavy atom. The molecule has 0 heterocycles. The molecule has 1 aliphatic carbocycles. The van der Waals surface area contributed by atoms with E-state index in [2.05, 4.69) is 37.2 Å². The highest BCUT2D eigenvalue weighted by Gasteiger charge is 2.22. The molecule has 4 heteroatoms.